The van der Waals surface area contributed by atoms with E-state index in [0.29, 0.717) is 23.8 Å². The highest BCUT2D eigenvalue weighted by Crippen LogP contribution is 2.46. The van der Waals surface area contributed by atoms with E-state index in [2.05, 4.69) is 29.2 Å². The normalized spacial score (nSPS) is 32.9. The summed E-state index contributed by atoms with van der Waals surface area (Å²) in [5.41, 5.74) is 1.37. The molecule has 0 spiro atoms. The van der Waals surface area contributed by atoms with Crippen molar-refractivity contribution >= 4 is 12.0 Å². The molecule has 1 aliphatic carbocycles. The van der Waals surface area contributed by atoms with Gasteiger partial charge in [-0.25, -0.2) is 4.79 Å². The van der Waals surface area contributed by atoms with Crippen molar-refractivity contribution in [3.8, 4) is 0 Å². The maximum Gasteiger partial charge on any atom is 0.410 e. The fraction of sp³-hybridized carbons (Fsp3) is 0.652. The van der Waals surface area contributed by atoms with E-state index in [-0.39, 0.29) is 18.1 Å². The lowest BCUT2D eigenvalue weighted by Gasteiger charge is -2.43. The van der Waals surface area contributed by atoms with Crippen molar-refractivity contribution in [2.45, 2.75) is 63.0 Å². The van der Waals surface area contributed by atoms with Crippen LogP contribution in [-0.2, 0) is 9.53 Å². The average Bonchev–Trinajstić information content (AvgIpc) is 3.13. The largest absolute Gasteiger partial charge is 0.446 e. The number of ether oxygens (including phenoxy) is 1. The van der Waals surface area contributed by atoms with Gasteiger partial charge >= 0.3 is 6.09 Å². The first-order valence-electron chi connectivity index (χ1n) is 11.0. The standard InChI is InChI=1S/C23H30N2O3/c26-22-18-14-19(20-8-4-5-11-25(20)22)21(15-18)28-23(27)24-12-9-17(10-13-24)16-6-2-1-3-7-16/h1-3,6-7,17-21H,4-5,8-15H2/t18?,19?,20-,21?/m1/s1. The SMILES string of the molecule is O=C(OC1CC2CC1[C@H]1CCCCN1C2=O)N1CCC(c2ccccc2)CC1. The summed E-state index contributed by atoms with van der Waals surface area (Å²) in [7, 11) is 0. The predicted octanol–water partition coefficient (Wildman–Crippen LogP) is 3.79. The Morgan fingerprint density at radius 1 is 0.929 bits per heavy atom. The van der Waals surface area contributed by atoms with Crippen LogP contribution in [0.15, 0.2) is 30.3 Å². The van der Waals surface area contributed by atoms with Gasteiger partial charge in [0, 0.05) is 37.5 Å². The molecule has 5 rings (SSSR count). The van der Waals surface area contributed by atoms with Crippen LogP contribution in [0.2, 0.25) is 0 Å². The number of likely N-dealkylation sites (tertiary alicyclic amines) is 1. The third-order valence-electron chi connectivity index (χ3n) is 7.50. The Bertz CT molecular complexity index is 729. The quantitative estimate of drug-likeness (QED) is 0.782. The van der Waals surface area contributed by atoms with Gasteiger partial charge in [0.1, 0.15) is 6.10 Å². The second-order valence-corrected chi connectivity index (χ2v) is 9.02. The van der Waals surface area contributed by atoms with Gasteiger partial charge in [0.25, 0.3) is 0 Å². The van der Waals surface area contributed by atoms with Gasteiger partial charge in [-0.15, -0.1) is 0 Å². The molecule has 5 heteroatoms. The first-order valence-corrected chi connectivity index (χ1v) is 11.0. The minimum absolute atomic E-state index is 0.0703. The third kappa shape index (κ3) is 3.19. The van der Waals surface area contributed by atoms with Crippen molar-refractivity contribution in [3.63, 3.8) is 0 Å². The van der Waals surface area contributed by atoms with Crippen molar-refractivity contribution in [2.24, 2.45) is 11.8 Å². The van der Waals surface area contributed by atoms with Crippen LogP contribution in [-0.4, -0.2) is 53.6 Å². The molecule has 1 aromatic rings. The van der Waals surface area contributed by atoms with E-state index in [1.807, 2.05) is 11.0 Å². The number of amides is 2. The van der Waals surface area contributed by atoms with Crippen LogP contribution < -0.4 is 0 Å². The molecule has 150 valence electrons. The first kappa shape index (κ1) is 18.0. The molecule has 3 saturated heterocycles. The Hall–Kier alpha value is -2.04. The summed E-state index contributed by atoms with van der Waals surface area (Å²) in [4.78, 5) is 29.5. The Labute approximate surface area is 167 Å². The topological polar surface area (TPSA) is 49.9 Å². The van der Waals surface area contributed by atoms with Crippen LogP contribution in [0.4, 0.5) is 4.79 Å². The highest BCUT2D eigenvalue weighted by atomic mass is 16.6. The van der Waals surface area contributed by atoms with Crippen LogP contribution in [0.3, 0.4) is 0 Å². The van der Waals surface area contributed by atoms with Crippen molar-refractivity contribution in [1.29, 1.82) is 0 Å². The number of rotatable bonds is 2. The lowest BCUT2D eigenvalue weighted by atomic mass is 9.84. The average molecular weight is 383 g/mol. The summed E-state index contributed by atoms with van der Waals surface area (Å²) < 4.78 is 6.01. The highest BCUT2D eigenvalue weighted by molar-refractivity contribution is 5.81. The van der Waals surface area contributed by atoms with Gasteiger partial charge in [-0.1, -0.05) is 30.3 Å². The molecule has 2 amide bonds. The fourth-order valence-corrected chi connectivity index (χ4v) is 6.01. The minimum atomic E-state index is -0.168. The van der Waals surface area contributed by atoms with Gasteiger partial charge in [0.2, 0.25) is 5.91 Å². The number of benzene rings is 1. The van der Waals surface area contributed by atoms with Gasteiger partial charge in [-0.05, 0) is 56.4 Å². The van der Waals surface area contributed by atoms with Crippen LogP contribution >= 0.6 is 0 Å². The molecule has 5 nitrogen and oxygen atoms in total. The number of nitrogens with zero attached hydrogens (tertiary/aromatic N) is 2. The van der Waals surface area contributed by atoms with Crippen molar-refractivity contribution < 1.29 is 14.3 Å². The third-order valence-corrected chi connectivity index (χ3v) is 7.50. The second kappa shape index (κ2) is 7.41. The van der Waals surface area contributed by atoms with E-state index in [0.717, 1.165) is 58.2 Å². The number of hydrogen-bond acceptors (Lipinski definition) is 3. The molecule has 3 heterocycles. The van der Waals surface area contributed by atoms with E-state index < -0.39 is 0 Å². The lowest BCUT2D eigenvalue weighted by molar-refractivity contribution is -0.143. The molecule has 3 unspecified atom stereocenters. The van der Waals surface area contributed by atoms with Gasteiger partial charge in [0.05, 0.1) is 0 Å². The van der Waals surface area contributed by atoms with Gasteiger partial charge in [-0.3, -0.25) is 4.79 Å². The summed E-state index contributed by atoms with van der Waals surface area (Å²) in [6, 6.07) is 10.9. The zero-order valence-corrected chi connectivity index (χ0v) is 16.5. The van der Waals surface area contributed by atoms with Crippen LogP contribution in [0.1, 0.15) is 56.4 Å². The number of carbonyl (C=O) groups is 2. The Kier molecular flexibility index (Phi) is 4.77. The van der Waals surface area contributed by atoms with E-state index in [4.69, 9.17) is 4.74 Å². The summed E-state index contributed by atoms with van der Waals surface area (Å²) in [6.45, 7) is 2.41. The maximum atomic E-state index is 12.8. The van der Waals surface area contributed by atoms with Crippen LogP contribution in [0, 0.1) is 11.8 Å². The smallest absolute Gasteiger partial charge is 0.410 e. The van der Waals surface area contributed by atoms with Gasteiger partial charge in [-0.2, -0.15) is 0 Å². The van der Waals surface area contributed by atoms with Crippen molar-refractivity contribution in [3.05, 3.63) is 35.9 Å². The lowest BCUT2D eigenvalue weighted by Crippen LogP contribution is -2.53. The van der Waals surface area contributed by atoms with E-state index in [1.165, 1.54) is 12.0 Å². The maximum absolute atomic E-state index is 12.8. The van der Waals surface area contributed by atoms with Crippen LogP contribution in [0.5, 0.6) is 0 Å². The second-order valence-electron chi connectivity index (χ2n) is 9.02. The molecule has 2 bridgehead atoms. The molecule has 4 aliphatic rings. The molecule has 0 radical (unpaired) electrons. The molecule has 4 fully saturated rings. The van der Waals surface area contributed by atoms with Crippen LogP contribution in [0.25, 0.3) is 0 Å². The number of carbonyl (C=O) groups excluding carboxylic acids is 2. The molecule has 0 N–H and O–H groups in total. The molecular weight excluding hydrogens is 352 g/mol. The number of fused-ring (bicyclic) bond motifs is 4. The zero-order valence-electron chi connectivity index (χ0n) is 16.5. The summed E-state index contributed by atoms with van der Waals surface area (Å²) in [5.74, 6) is 1.25. The number of piperidine rings is 3. The molecule has 3 aliphatic heterocycles. The van der Waals surface area contributed by atoms with E-state index in [9.17, 15) is 9.59 Å². The van der Waals surface area contributed by atoms with Gasteiger partial charge < -0.3 is 14.5 Å². The first-order chi connectivity index (χ1) is 13.7. The Balaban J connectivity index is 1.19. The van der Waals surface area contributed by atoms with Crippen molar-refractivity contribution in [1.82, 2.24) is 9.80 Å². The van der Waals surface area contributed by atoms with Crippen molar-refractivity contribution in [2.75, 3.05) is 19.6 Å². The molecule has 0 aromatic heterocycles. The number of hydrogen-bond donors (Lipinski definition) is 0. The summed E-state index contributed by atoms with van der Waals surface area (Å²) >= 11 is 0. The molecule has 1 saturated carbocycles. The molecular formula is C23H30N2O3. The minimum Gasteiger partial charge on any atom is -0.446 e. The van der Waals surface area contributed by atoms with Gasteiger partial charge in [0.15, 0.2) is 0 Å². The fourth-order valence-electron chi connectivity index (χ4n) is 6.01. The zero-order chi connectivity index (χ0) is 19.1. The Morgan fingerprint density at radius 3 is 2.50 bits per heavy atom. The molecule has 4 atom stereocenters. The highest BCUT2D eigenvalue weighted by Gasteiger charge is 2.52. The van der Waals surface area contributed by atoms with E-state index in [1.54, 1.807) is 0 Å². The molecule has 28 heavy (non-hydrogen) atoms. The summed E-state index contributed by atoms with van der Waals surface area (Å²) in [5, 5.41) is 0. The Morgan fingerprint density at radius 2 is 1.71 bits per heavy atom. The monoisotopic (exact) mass is 382 g/mol. The molecule has 1 aromatic carbocycles. The summed E-state index contributed by atoms with van der Waals surface area (Å²) in [6.07, 6.45) is 6.73. The predicted molar refractivity (Wildman–Crippen MR) is 106 cm³/mol. The van der Waals surface area contributed by atoms with E-state index >= 15 is 0 Å².